The maximum atomic E-state index is 12.1. The average molecular weight is 303 g/mol. The van der Waals surface area contributed by atoms with Gasteiger partial charge in [0.1, 0.15) is 11.3 Å². The van der Waals surface area contributed by atoms with Gasteiger partial charge in [0.15, 0.2) is 0 Å². The van der Waals surface area contributed by atoms with Crippen molar-refractivity contribution in [1.29, 1.82) is 0 Å². The number of amides is 1. The van der Waals surface area contributed by atoms with E-state index in [4.69, 9.17) is 4.52 Å². The van der Waals surface area contributed by atoms with E-state index >= 15 is 0 Å². The molecule has 2 aromatic rings. The van der Waals surface area contributed by atoms with Crippen molar-refractivity contribution in [2.45, 2.75) is 33.6 Å². The summed E-state index contributed by atoms with van der Waals surface area (Å²) in [7, 11) is 1.66. The molecule has 2 heterocycles. The zero-order valence-corrected chi connectivity index (χ0v) is 13.4. The Kier molecular flexibility index (Phi) is 4.80. The highest BCUT2D eigenvalue weighted by Gasteiger charge is 2.12. The van der Waals surface area contributed by atoms with Gasteiger partial charge in [-0.15, -0.1) is 0 Å². The zero-order valence-electron chi connectivity index (χ0n) is 13.4. The predicted octanol–water partition coefficient (Wildman–Crippen LogP) is 1.66. The summed E-state index contributed by atoms with van der Waals surface area (Å²) in [5, 5.41) is 6.69. The molecule has 0 aliphatic carbocycles. The number of nitrogens with zero attached hydrogens (tertiary/aromatic N) is 2. The molecule has 2 rings (SSSR count). The Morgan fingerprint density at radius 3 is 2.68 bits per heavy atom. The van der Waals surface area contributed by atoms with Gasteiger partial charge in [0.05, 0.1) is 5.69 Å². The maximum absolute atomic E-state index is 12.1. The predicted molar refractivity (Wildman–Crippen MR) is 83.1 cm³/mol. The van der Waals surface area contributed by atoms with Crippen molar-refractivity contribution in [3.8, 4) is 0 Å². The summed E-state index contributed by atoms with van der Waals surface area (Å²) in [6.07, 6.45) is 1.55. The van der Waals surface area contributed by atoms with Crippen molar-refractivity contribution >= 4 is 5.91 Å². The van der Waals surface area contributed by atoms with Crippen LogP contribution in [0.4, 0.5) is 0 Å². The van der Waals surface area contributed by atoms with Crippen molar-refractivity contribution in [2.24, 2.45) is 7.05 Å². The minimum atomic E-state index is -0.334. The molecule has 2 aromatic heterocycles. The molecule has 6 nitrogen and oxygen atoms in total. The second-order valence-corrected chi connectivity index (χ2v) is 5.41. The Morgan fingerprint density at radius 1 is 1.32 bits per heavy atom. The molecule has 0 saturated carbocycles. The van der Waals surface area contributed by atoms with E-state index in [0.29, 0.717) is 6.54 Å². The lowest BCUT2D eigenvalue weighted by atomic mass is 10.1. The highest BCUT2D eigenvalue weighted by Crippen LogP contribution is 2.13. The van der Waals surface area contributed by atoms with Crippen LogP contribution in [0, 0.1) is 20.8 Å². The van der Waals surface area contributed by atoms with Crippen LogP contribution in [-0.4, -0.2) is 22.2 Å². The van der Waals surface area contributed by atoms with Crippen molar-refractivity contribution in [3.63, 3.8) is 0 Å². The van der Waals surface area contributed by atoms with Gasteiger partial charge < -0.3 is 14.4 Å². The quantitative estimate of drug-likeness (QED) is 0.852. The summed E-state index contributed by atoms with van der Waals surface area (Å²) < 4.78 is 6.57. The van der Waals surface area contributed by atoms with Crippen LogP contribution in [0.3, 0.4) is 0 Å². The van der Waals surface area contributed by atoms with Crippen LogP contribution < -0.4 is 10.9 Å². The Labute approximate surface area is 129 Å². The van der Waals surface area contributed by atoms with Crippen LogP contribution in [-0.2, 0) is 13.5 Å². The van der Waals surface area contributed by atoms with E-state index in [9.17, 15) is 9.59 Å². The maximum Gasteiger partial charge on any atom is 0.263 e. The third-order valence-electron chi connectivity index (χ3n) is 3.87. The molecular formula is C16H21N3O3. The first-order valence-electron chi connectivity index (χ1n) is 7.28. The van der Waals surface area contributed by atoms with Crippen LogP contribution >= 0.6 is 0 Å². The fourth-order valence-electron chi connectivity index (χ4n) is 2.32. The van der Waals surface area contributed by atoms with Gasteiger partial charge in [-0.25, -0.2) is 0 Å². The summed E-state index contributed by atoms with van der Waals surface area (Å²) in [5.74, 6) is 0.482. The molecule has 0 aromatic carbocycles. The monoisotopic (exact) mass is 303 g/mol. The molecule has 0 saturated heterocycles. The third kappa shape index (κ3) is 3.27. The molecule has 0 atom stereocenters. The number of carbonyl (C=O) groups is 1. The van der Waals surface area contributed by atoms with E-state index in [1.54, 1.807) is 19.2 Å². The van der Waals surface area contributed by atoms with E-state index in [1.165, 1.54) is 4.57 Å². The normalized spacial score (nSPS) is 10.7. The molecule has 0 fully saturated rings. The molecule has 0 spiro atoms. The number of carbonyl (C=O) groups excluding carboxylic acids is 1. The first-order valence-corrected chi connectivity index (χ1v) is 7.28. The van der Waals surface area contributed by atoms with E-state index in [0.717, 1.165) is 35.6 Å². The van der Waals surface area contributed by atoms with Crippen LogP contribution in [0.2, 0.25) is 0 Å². The van der Waals surface area contributed by atoms with Crippen LogP contribution in [0.15, 0.2) is 21.5 Å². The topological polar surface area (TPSA) is 77.1 Å². The van der Waals surface area contributed by atoms with E-state index in [-0.39, 0.29) is 17.0 Å². The van der Waals surface area contributed by atoms with Gasteiger partial charge in [-0.05, 0) is 45.7 Å². The van der Waals surface area contributed by atoms with Gasteiger partial charge in [0.2, 0.25) is 0 Å². The largest absolute Gasteiger partial charge is 0.361 e. The smallest absolute Gasteiger partial charge is 0.263 e. The SMILES string of the molecule is Cc1noc(C)c1CCCNC(=O)c1ccc(C)n(C)c1=O. The Morgan fingerprint density at radius 2 is 2.05 bits per heavy atom. The van der Waals surface area contributed by atoms with Crippen molar-refractivity contribution in [1.82, 2.24) is 15.0 Å². The standard InChI is InChI=1S/C16H21N3O3/c1-10-7-8-14(16(21)19(10)4)15(20)17-9-5-6-13-11(2)18-22-12(13)3/h7-8H,5-6,9H2,1-4H3,(H,17,20). The molecule has 118 valence electrons. The second kappa shape index (κ2) is 6.60. The first-order chi connectivity index (χ1) is 10.4. The lowest BCUT2D eigenvalue weighted by Crippen LogP contribution is -2.33. The van der Waals surface area contributed by atoms with E-state index < -0.39 is 0 Å². The fourth-order valence-corrected chi connectivity index (χ4v) is 2.32. The summed E-state index contributed by atoms with van der Waals surface area (Å²) in [4.78, 5) is 24.1. The highest BCUT2D eigenvalue weighted by molar-refractivity contribution is 5.93. The molecular weight excluding hydrogens is 282 g/mol. The molecule has 0 radical (unpaired) electrons. The van der Waals surface area contributed by atoms with Crippen LogP contribution in [0.1, 0.15) is 39.5 Å². The number of aromatic nitrogens is 2. The molecule has 1 amide bonds. The lowest BCUT2D eigenvalue weighted by molar-refractivity contribution is 0.0951. The van der Waals surface area contributed by atoms with Crippen LogP contribution in [0.5, 0.6) is 0 Å². The zero-order chi connectivity index (χ0) is 16.3. The molecule has 0 bridgehead atoms. The molecule has 6 heteroatoms. The van der Waals surface area contributed by atoms with Gasteiger partial charge in [-0.2, -0.15) is 0 Å². The van der Waals surface area contributed by atoms with Crippen molar-refractivity contribution in [2.75, 3.05) is 6.54 Å². The minimum absolute atomic E-state index is 0.172. The van der Waals surface area contributed by atoms with Gasteiger partial charge >= 0.3 is 0 Å². The number of hydrogen-bond donors (Lipinski definition) is 1. The number of aryl methyl sites for hydroxylation is 3. The highest BCUT2D eigenvalue weighted by atomic mass is 16.5. The summed E-state index contributed by atoms with van der Waals surface area (Å²) in [6, 6.07) is 3.33. The van der Waals surface area contributed by atoms with Gasteiger partial charge in [-0.1, -0.05) is 5.16 Å². The van der Waals surface area contributed by atoms with Crippen LogP contribution in [0.25, 0.3) is 0 Å². The van der Waals surface area contributed by atoms with Crippen molar-refractivity contribution in [3.05, 3.63) is 50.8 Å². The molecule has 22 heavy (non-hydrogen) atoms. The lowest BCUT2D eigenvalue weighted by Gasteiger charge is -2.08. The van der Waals surface area contributed by atoms with E-state index in [1.807, 2.05) is 20.8 Å². The minimum Gasteiger partial charge on any atom is -0.361 e. The number of pyridine rings is 1. The summed E-state index contributed by atoms with van der Waals surface area (Å²) in [5.41, 5.74) is 2.69. The molecule has 0 unspecified atom stereocenters. The molecule has 1 N–H and O–H groups in total. The Balaban J connectivity index is 1.91. The second-order valence-electron chi connectivity index (χ2n) is 5.41. The Hall–Kier alpha value is -2.37. The van der Waals surface area contributed by atoms with Gasteiger partial charge in [-0.3, -0.25) is 9.59 Å². The first kappa shape index (κ1) is 16.0. The van der Waals surface area contributed by atoms with Gasteiger partial charge in [0.25, 0.3) is 11.5 Å². The average Bonchev–Trinajstić information content (AvgIpc) is 2.80. The molecule has 0 aliphatic heterocycles. The molecule has 0 aliphatic rings. The van der Waals surface area contributed by atoms with Crippen molar-refractivity contribution < 1.29 is 9.32 Å². The number of rotatable bonds is 5. The van der Waals surface area contributed by atoms with E-state index in [2.05, 4.69) is 10.5 Å². The van der Waals surface area contributed by atoms with Gasteiger partial charge in [0, 0.05) is 24.8 Å². The fraction of sp³-hybridized carbons (Fsp3) is 0.438. The third-order valence-corrected chi connectivity index (χ3v) is 3.87. The summed E-state index contributed by atoms with van der Waals surface area (Å²) >= 11 is 0. The number of hydrogen-bond acceptors (Lipinski definition) is 4. The number of nitrogens with one attached hydrogen (secondary N) is 1. The summed E-state index contributed by atoms with van der Waals surface area (Å²) in [6.45, 7) is 6.11. The Bertz CT molecular complexity index is 724.